The largest absolute Gasteiger partial charge is 0.503 e. The van der Waals surface area contributed by atoms with E-state index < -0.39 is 39.4 Å². The maximum Gasteiger partial charge on any atom is 0.290 e. The maximum absolute atomic E-state index is 12.9. The van der Waals surface area contributed by atoms with Crippen LogP contribution in [-0.4, -0.2) is 47.7 Å². The van der Waals surface area contributed by atoms with Crippen molar-refractivity contribution in [1.82, 2.24) is 4.90 Å². The molecule has 140 valence electrons. The van der Waals surface area contributed by atoms with E-state index in [2.05, 4.69) is 0 Å². The number of benzene rings is 1. The van der Waals surface area contributed by atoms with Crippen LogP contribution in [0.1, 0.15) is 28.6 Å². The van der Waals surface area contributed by atoms with Crippen molar-refractivity contribution in [2.45, 2.75) is 18.5 Å². The Hall–Kier alpha value is -2.87. The van der Waals surface area contributed by atoms with Crippen LogP contribution >= 0.6 is 0 Å². The van der Waals surface area contributed by atoms with Gasteiger partial charge in [-0.3, -0.25) is 9.59 Å². The summed E-state index contributed by atoms with van der Waals surface area (Å²) < 4.78 is 29.0. The zero-order valence-corrected chi connectivity index (χ0v) is 15.1. The summed E-state index contributed by atoms with van der Waals surface area (Å²) in [6, 6.07) is 10.3. The third kappa shape index (κ3) is 2.95. The molecule has 0 saturated carbocycles. The molecular weight excluding hydrogens is 370 g/mol. The molecule has 1 N–H and O–H groups in total. The molecule has 3 heterocycles. The van der Waals surface area contributed by atoms with Gasteiger partial charge in [0.2, 0.25) is 5.78 Å². The standard InChI is InChI=1S/C19H17NO6S/c21-17(14-7-4-9-26-14)15-16(12-5-2-1-3-6-12)20(19(23)18(15)22)13-8-10-27(24,25)11-13/h1-7,9,13,16,22H,8,10-11H2. The second-order valence-corrected chi connectivity index (χ2v) is 8.88. The first-order valence-electron chi connectivity index (χ1n) is 8.48. The highest BCUT2D eigenvalue weighted by Crippen LogP contribution is 2.42. The fraction of sp³-hybridized carbons (Fsp3) is 0.263. The highest BCUT2D eigenvalue weighted by Gasteiger charge is 2.49. The van der Waals surface area contributed by atoms with Crippen molar-refractivity contribution in [1.29, 1.82) is 0 Å². The first kappa shape index (κ1) is 17.5. The van der Waals surface area contributed by atoms with Crippen molar-refractivity contribution < 1.29 is 27.5 Å². The molecule has 0 radical (unpaired) electrons. The van der Waals surface area contributed by atoms with Crippen LogP contribution in [0.4, 0.5) is 0 Å². The number of aliphatic hydroxyl groups excluding tert-OH is 1. The van der Waals surface area contributed by atoms with Crippen molar-refractivity contribution >= 4 is 21.5 Å². The molecule has 7 nitrogen and oxygen atoms in total. The molecule has 0 bridgehead atoms. The summed E-state index contributed by atoms with van der Waals surface area (Å²) in [6.45, 7) is 0. The van der Waals surface area contributed by atoms with Crippen LogP contribution in [0.5, 0.6) is 0 Å². The van der Waals surface area contributed by atoms with Crippen molar-refractivity contribution in [3.05, 3.63) is 71.4 Å². The molecule has 2 aromatic rings. The van der Waals surface area contributed by atoms with Gasteiger partial charge in [-0.25, -0.2) is 8.42 Å². The van der Waals surface area contributed by atoms with E-state index in [1.807, 2.05) is 0 Å². The van der Waals surface area contributed by atoms with E-state index in [1.165, 1.54) is 17.2 Å². The molecule has 1 aromatic carbocycles. The highest BCUT2D eigenvalue weighted by atomic mass is 32.2. The van der Waals surface area contributed by atoms with E-state index in [-0.39, 0.29) is 29.3 Å². The number of nitrogens with zero attached hydrogens (tertiary/aromatic N) is 1. The minimum atomic E-state index is -3.26. The average Bonchev–Trinajstić information content (AvgIpc) is 3.35. The van der Waals surface area contributed by atoms with Gasteiger partial charge in [0.1, 0.15) is 0 Å². The first-order chi connectivity index (χ1) is 12.9. The number of hydrogen-bond acceptors (Lipinski definition) is 6. The Balaban J connectivity index is 1.82. The maximum atomic E-state index is 12.9. The van der Waals surface area contributed by atoms with Gasteiger partial charge in [-0.2, -0.15) is 0 Å². The number of Topliss-reactive ketones (excluding diaryl/α,β-unsaturated/α-hetero) is 1. The monoisotopic (exact) mass is 387 g/mol. The summed E-state index contributed by atoms with van der Waals surface area (Å²) in [4.78, 5) is 27.1. The minimum Gasteiger partial charge on any atom is -0.503 e. The van der Waals surface area contributed by atoms with Gasteiger partial charge in [-0.05, 0) is 24.1 Å². The van der Waals surface area contributed by atoms with Gasteiger partial charge in [0.15, 0.2) is 21.4 Å². The SMILES string of the molecule is O=C(C1=C(O)C(=O)N(C2CCS(=O)(=O)C2)C1c1ccccc1)c1ccco1. The lowest BCUT2D eigenvalue weighted by Gasteiger charge is -2.31. The number of carbonyl (C=O) groups is 2. The number of hydrogen-bond donors (Lipinski definition) is 1. The van der Waals surface area contributed by atoms with Crippen LogP contribution < -0.4 is 0 Å². The molecule has 1 aromatic heterocycles. The average molecular weight is 387 g/mol. The lowest BCUT2D eigenvalue weighted by Crippen LogP contribution is -2.41. The predicted molar refractivity (Wildman–Crippen MR) is 95.8 cm³/mol. The molecule has 2 unspecified atom stereocenters. The van der Waals surface area contributed by atoms with Gasteiger partial charge in [0.05, 0.1) is 29.4 Å². The summed E-state index contributed by atoms with van der Waals surface area (Å²) in [5.74, 6) is -2.19. The molecule has 2 atom stereocenters. The van der Waals surface area contributed by atoms with Crippen molar-refractivity contribution in [2.24, 2.45) is 0 Å². The second kappa shape index (κ2) is 6.38. The Morgan fingerprint density at radius 2 is 1.89 bits per heavy atom. The van der Waals surface area contributed by atoms with Gasteiger partial charge >= 0.3 is 0 Å². The molecule has 4 rings (SSSR count). The van der Waals surface area contributed by atoms with Crippen LogP contribution in [-0.2, 0) is 14.6 Å². The Morgan fingerprint density at radius 1 is 1.15 bits per heavy atom. The number of amides is 1. The van der Waals surface area contributed by atoms with E-state index in [0.29, 0.717) is 5.56 Å². The fourth-order valence-electron chi connectivity index (χ4n) is 3.73. The quantitative estimate of drug-likeness (QED) is 0.805. The van der Waals surface area contributed by atoms with Crippen LogP contribution in [0.15, 0.2) is 64.5 Å². The van der Waals surface area contributed by atoms with Gasteiger partial charge in [-0.15, -0.1) is 0 Å². The zero-order chi connectivity index (χ0) is 19.2. The number of carbonyl (C=O) groups excluding carboxylic acids is 2. The Bertz CT molecular complexity index is 1020. The fourth-order valence-corrected chi connectivity index (χ4v) is 5.44. The van der Waals surface area contributed by atoms with E-state index >= 15 is 0 Å². The Morgan fingerprint density at radius 3 is 2.48 bits per heavy atom. The van der Waals surface area contributed by atoms with Crippen molar-refractivity contribution in [3.8, 4) is 0 Å². The summed E-state index contributed by atoms with van der Waals surface area (Å²) in [5, 5.41) is 10.5. The molecule has 0 aliphatic carbocycles. The molecule has 8 heteroatoms. The normalized spacial score (nSPS) is 24.6. The van der Waals surface area contributed by atoms with Gasteiger partial charge in [0.25, 0.3) is 5.91 Å². The molecule has 0 spiro atoms. The van der Waals surface area contributed by atoms with Crippen LogP contribution in [0, 0.1) is 0 Å². The molecular formula is C19H17NO6S. The van der Waals surface area contributed by atoms with Gasteiger partial charge < -0.3 is 14.4 Å². The number of aliphatic hydroxyl groups is 1. The molecule has 27 heavy (non-hydrogen) atoms. The van der Waals surface area contributed by atoms with Crippen LogP contribution in [0.25, 0.3) is 0 Å². The summed E-state index contributed by atoms with van der Waals surface area (Å²) in [5.41, 5.74) is 0.527. The minimum absolute atomic E-state index is 0.00572. The first-order valence-corrected chi connectivity index (χ1v) is 10.3. The smallest absolute Gasteiger partial charge is 0.290 e. The topological polar surface area (TPSA) is 105 Å². The lowest BCUT2D eigenvalue weighted by atomic mass is 9.94. The molecule has 1 fully saturated rings. The third-order valence-electron chi connectivity index (χ3n) is 4.95. The van der Waals surface area contributed by atoms with Crippen LogP contribution in [0.2, 0.25) is 0 Å². The lowest BCUT2D eigenvalue weighted by molar-refractivity contribution is -0.131. The van der Waals surface area contributed by atoms with E-state index in [9.17, 15) is 23.1 Å². The highest BCUT2D eigenvalue weighted by molar-refractivity contribution is 7.91. The third-order valence-corrected chi connectivity index (χ3v) is 6.70. The summed E-state index contributed by atoms with van der Waals surface area (Å²) in [7, 11) is -3.26. The number of sulfone groups is 1. The van der Waals surface area contributed by atoms with Crippen LogP contribution in [0.3, 0.4) is 0 Å². The summed E-state index contributed by atoms with van der Waals surface area (Å²) >= 11 is 0. The van der Waals surface area contributed by atoms with Gasteiger partial charge in [0, 0.05) is 6.04 Å². The van der Waals surface area contributed by atoms with Crippen molar-refractivity contribution in [2.75, 3.05) is 11.5 Å². The molecule has 2 aliphatic heterocycles. The second-order valence-electron chi connectivity index (χ2n) is 6.65. The number of rotatable bonds is 4. The van der Waals surface area contributed by atoms with Crippen molar-refractivity contribution in [3.63, 3.8) is 0 Å². The van der Waals surface area contributed by atoms with E-state index in [1.54, 1.807) is 36.4 Å². The number of ketones is 1. The van der Waals surface area contributed by atoms with E-state index in [0.717, 1.165) is 0 Å². The van der Waals surface area contributed by atoms with E-state index in [4.69, 9.17) is 4.42 Å². The Kier molecular flexibility index (Phi) is 4.15. The predicted octanol–water partition coefficient (Wildman–Crippen LogP) is 2.04. The Labute approximate surface area is 155 Å². The number of furan rings is 1. The zero-order valence-electron chi connectivity index (χ0n) is 14.2. The van der Waals surface area contributed by atoms with Gasteiger partial charge in [-0.1, -0.05) is 30.3 Å². The summed E-state index contributed by atoms with van der Waals surface area (Å²) in [6.07, 6.45) is 1.60. The molecule has 1 saturated heterocycles. The molecule has 2 aliphatic rings. The molecule has 1 amide bonds.